The molecule has 0 saturated heterocycles. The molecule has 1 aliphatic heterocycles. The smallest absolute Gasteiger partial charge is 0.359 e. The third kappa shape index (κ3) is 5.54. The van der Waals surface area contributed by atoms with Gasteiger partial charge >= 0.3 is 6.18 Å². The van der Waals surface area contributed by atoms with Crippen molar-refractivity contribution >= 4 is 28.4 Å². The second-order valence-electron chi connectivity index (χ2n) is 10.0. The fourth-order valence-corrected chi connectivity index (χ4v) is 6.51. The maximum Gasteiger partial charge on any atom is 0.416 e. The van der Waals surface area contributed by atoms with Crippen LogP contribution in [0.5, 0.6) is 0 Å². The molecule has 0 bridgehead atoms. The average molecular weight is 515 g/mol. The summed E-state index contributed by atoms with van der Waals surface area (Å²) < 4.78 is 43.5. The topological polar surface area (TPSA) is 32.2 Å². The number of halogens is 3. The number of fused-ring (bicyclic) bond motifs is 1. The van der Waals surface area contributed by atoms with E-state index in [-0.39, 0.29) is 6.54 Å². The van der Waals surface area contributed by atoms with Crippen LogP contribution in [0.1, 0.15) is 43.2 Å². The van der Waals surface area contributed by atoms with Crippen LogP contribution in [0, 0.1) is 5.92 Å². The minimum atomic E-state index is -4.37. The monoisotopic (exact) mass is 514 g/mol. The highest BCUT2D eigenvalue weighted by Gasteiger charge is 2.37. The molecule has 1 unspecified atom stereocenters. The molecule has 192 valence electrons. The van der Waals surface area contributed by atoms with Crippen LogP contribution in [0.4, 0.5) is 18.9 Å². The molecule has 2 aromatic carbocycles. The van der Waals surface area contributed by atoms with E-state index in [1.54, 1.807) is 23.9 Å². The minimum Gasteiger partial charge on any atom is -0.359 e. The molecule has 3 aromatic rings. The van der Waals surface area contributed by atoms with Crippen LogP contribution < -0.4 is 10.6 Å². The molecule has 1 saturated carbocycles. The van der Waals surface area contributed by atoms with Gasteiger partial charge in [0.1, 0.15) is 0 Å². The normalized spacial score (nSPS) is 20.8. The number of nitrogens with one attached hydrogen (secondary N) is 2. The van der Waals surface area contributed by atoms with Gasteiger partial charge in [0, 0.05) is 49.1 Å². The number of aryl methyl sites for hydroxylation is 1. The zero-order chi connectivity index (χ0) is 25.2. The van der Waals surface area contributed by atoms with E-state index in [2.05, 4.69) is 38.3 Å². The van der Waals surface area contributed by atoms with E-state index < -0.39 is 16.7 Å². The third-order valence-corrected chi connectivity index (χ3v) is 8.35. The second kappa shape index (κ2) is 10.4. The van der Waals surface area contributed by atoms with E-state index in [0.717, 1.165) is 36.0 Å². The van der Waals surface area contributed by atoms with Crippen molar-refractivity contribution in [2.45, 2.75) is 49.8 Å². The first-order chi connectivity index (χ1) is 17.3. The molecule has 1 atom stereocenters. The molecule has 1 aliphatic carbocycles. The van der Waals surface area contributed by atoms with Gasteiger partial charge in [-0.2, -0.15) is 13.2 Å². The molecule has 1 aromatic heterocycles. The van der Waals surface area contributed by atoms with Crippen molar-refractivity contribution in [3.8, 4) is 0 Å². The first-order valence-electron chi connectivity index (χ1n) is 12.6. The summed E-state index contributed by atoms with van der Waals surface area (Å²) >= 11 is 1.64. The van der Waals surface area contributed by atoms with E-state index >= 15 is 0 Å². The largest absolute Gasteiger partial charge is 0.416 e. The highest BCUT2D eigenvalue weighted by molar-refractivity contribution is 8.03. The van der Waals surface area contributed by atoms with Gasteiger partial charge in [-0.1, -0.05) is 55.3 Å². The molecular weight excluding hydrogens is 481 g/mol. The standard InChI is InChI=1S/C28H33F3N4S/c1-34-16-14-23-25(12-7-13-26(23)34)33-27(32-15-17-36-27)20-35(18-21-8-3-2-4-9-21)19-22-10-5-6-11-24(22)28(29,30)31/h5-7,10-17,21,32-33H,2-4,8-9,18-20H2,1H3. The summed E-state index contributed by atoms with van der Waals surface area (Å²) in [5.41, 5.74) is 1.92. The molecule has 2 N–H and O–H groups in total. The summed E-state index contributed by atoms with van der Waals surface area (Å²) in [6.07, 6.45) is 5.52. The van der Waals surface area contributed by atoms with Gasteiger partial charge in [-0.3, -0.25) is 4.90 Å². The Hall–Kier alpha value is -2.58. The molecule has 4 nitrogen and oxygen atoms in total. The van der Waals surface area contributed by atoms with Gasteiger partial charge in [0.25, 0.3) is 0 Å². The van der Waals surface area contributed by atoms with Crippen molar-refractivity contribution < 1.29 is 13.2 Å². The van der Waals surface area contributed by atoms with Crippen LogP contribution in [-0.2, 0) is 19.8 Å². The average Bonchev–Trinajstić information content (AvgIpc) is 3.47. The Labute approximate surface area is 214 Å². The lowest BCUT2D eigenvalue weighted by Gasteiger charge is -2.39. The highest BCUT2D eigenvalue weighted by atomic mass is 32.2. The molecule has 2 aliphatic rings. The minimum absolute atomic E-state index is 0.257. The number of alkyl halides is 3. The van der Waals surface area contributed by atoms with E-state index in [4.69, 9.17) is 0 Å². The van der Waals surface area contributed by atoms with Crippen LogP contribution in [0.3, 0.4) is 0 Å². The van der Waals surface area contributed by atoms with Crippen LogP contribution in [-0.4, -0.2) is 27.6 Å². The van der Waals surface area contributed by atoms with Crippen molar-refractivity contribution in [3.05, 3.63) is 77.5 Å². The van der Waals surface area contributed by atoms with Gasteiger partial charge in [0.15, 0.2) is 4.99 Å². The Kier molecular flexibility index (Phi) is 7.26. The van der Waals surface area contributed by atoms with Crippen molar-refractivity contribution in [2.75, 3.05) is 18.4 Å². The molecule has 1 fully saturated rings. The van der Waals surface area contributed by atoms with Crippen molar-refractivity contribution in [1.29, 1.82) is 0 Å². The summed E-state index contributed by atoms with van der Waals surface area (Å²) in [5, 5.41) is 10.3. The van der Waals surface area contributed by atoms with Crippen LogP contribution >= 0.6 is 11.8 Å². The summed E-state index contributed by atoms with van der Waals surface area (Å²) in [7, 11) is 2.02. The summed E-state index contributed by atoms with van der Waals surface area (Å²) in [6, 6.07) is 14.3. The quantitative estimate of drug-likeness (QED) is 0.334. The maximum atomic E-state index is 13.8. The molecule has 0 spiro atoms. The Balaban J connectivity index is 1.44. The van der Waals surface area contributed by atoms with Crippen molar-refractivity contribution in [2.24, 2.45) is 13.0 Å². The molecule has 0 amide bonds. The van der Waals surface area contributed by atoms with E-state index in [9.17, 15) is 13.2 Å². The van der Waals surface area contributed by atoms with E-state index in [1.807, 2.05) is 30.9 Å². The fraction of sp³-hybridized carbons (Fsp3) is 0.429. The lowest BCUT2D eigenvalue weighted by atomic mass is 9.88. The SMILES string of the molecule is Cn1ccc2c(NC3(CN(Cc4ccccc4C(F)(F)F)CC4CCCCC4)NC=CS3)cccc21. The second-order valence-corrected chi connectivity index (χ2v) is 11.2. The number of benzene rings is 2. The zero-order valence-corrected chi connectivity index (χ0v) is 21.3. The number of hydrogen-bond donors (Lipinski definition) is 2. The Bertz CT molecular complexity index is 1200. The summed E-state index contributed by atoms with van der Waals surface area (Å²) in [4.78, 5) is 1.64. The lowest BCUT2D eigenvalue weighted by Crippen LogP contribution is -2.53. The van der Waals surface area contributed by atoms with Gasteiger partial charge < -0.3 is 15.2 Å². The number of nitrogens with zero attached hydrogens (tertiary/aromatic N) is 2. The van der Waals surface area contributed by atoms with Gasteiger partial charge in [0.05, 0.1) is 12.1 Å². The molecule has 8 heteroatoms. The van der Waals surface area contributed by atoms with Gasteiger partial charge in [-0.15, -0.1) is 0 Å². The Morgan fingerprint density at radius 2 is 1.89 bits per heavy atom. The summed E-state index contributed by atoms with van der Waals surface area (Å²) in [6.45, 7) is 1.59. The van der Waals surface area contributed by atoms with Gasteiger partial charge in [0.2, 0.25) is 0 Å². The molecular formula is C28H33F3N4S. The first kappa shape index (κ1) is 25.1. The van der Waals surface area contributed by atoms with E-state index in [1.165, 1.54) is 31.4 Å². The van der Waals surface area contributed by atoms with Gasteiger partial charge in [-0.25, -0.2) is 0 Å². The van der Waals surface area contributed by atoms with Crippen molar-refractivity contribution in [1.82, 2.24) is 14.8 Å². The summed E-state index contributed by atoms with van der Waals surface area (Å²) in [5.74, 6) is 0.505. The third-order valence-electron chi connectivity index (χ3n) is 7.32. The predicted molar refractivity (Wildman–Crippen MR) is 142 cm³/mol. The number of hydrogen-bond acceptors (Lipinski definition) is 4. The zero-order valence-electron chi connectivity index (χ0n) is 20.5. The van der Waals surface area contributed by atoms with E-state index in [0.29, 0.717) is 18.0 Å². The maximum absolute atomic E-state index is 13.8. The highest BCUT2D eigenvalue weighted by Crippen LogP contribution is 2.37. The first-order valence-corrected chi connectivity index (χ1v) is 13.5. The number of anilines is 1. The van der Waals surface area contributed by atoms with Crippen molar-refractivity contribution in [3.63, 3.8) is 0 Å². The fourth-order valence-electron chi connectivity index (χ4n) is 5.58. The van der Waals surface area contributed by atoms with Gasteiger partial charge in [-0.05, 0) is 54.0 Å². The van der Waals surface area contributed by atoms with Crippen LogP contribution in [0.2, 0.25) is 0 Å². The molecule has 0 radical (unpaired) electrons. The molecule has 2 heterocycles. The van der Waals surface area contributed by atoms with Crippen LogP contribution in [0.15, 0.2) is 66.3 Å². The number of aromatic nitrogens is 1. The number of thioether (sulfide) groups is 1. The molecule has 5 rings (SSSR count). The number of rotatable bonds is 8. The molecule has 36 heavy (non-hydrogen) atoms. The Morgan fingerprint density at radius 1 is 1.08 bits per heavy atom. The predicted octanol–water partition coefficient (Wildman–Crippen LogP) is 7.15. The lowest BCUT2D eigenvalue weighted by molar-refractivity contribution is -0.138. The van der Waals surface area contributed by atoms with Crippen LogP contribution in [0.25, 0.3) is 10.9 Å². The Morgan fingerprint density at radius 3 is 2.64 bits per heavy atom.